The second-order valence-electron chi connectivity index (χ2n) is 14.0. The number of para-hydroxylation sites is 2. The molecule has 2 heteroatoms. The van der Waals surface area contributed by atoms with E-state index in [9.17, 15) is 0 Å². The Morgan fingerprint density at radius 2 is 1.18 bits per heavy atom. The summed E-state index contributed by atoms with van der Waals surface area (Å²) in [6, 6.07) is 45.8. The second-order valence-corrected chi connectivity index (χ2v) is 14.0. The van der Waals surface area contributed by atoms with Crippen LogP contribution in [0.25, 0.3) is 27.5 Å². The van der Waals surface area contributed by atoms with E-state index in [4.69, 9.17) is 0 Å². The summed E-state index contributed by atoms with van der Waals surface area (Å²) in [7, 11) is 0. The SMILES string of the molecule is c1ccc(-n2c3ccccc3c3cc(N(c4ccc(C5CCCCC5)cc4)c4ccc(C5CC6CCC5C6)cc4)ccc32)cc1. The zero-order valence-electron chi connectivity index (χ0n) is 26.1. The molecule has 0 radical (unpaired) electrons. The van der Waals surface area contributed by atoms with E-state index in [2.05, 4.69) is 131 Å². The number of nitrogens with zero attached hydrogens (tertiary/aromatic N) is 2. The molecule has 3 fully saturated rings. The molecule has 3 aliphatic rings. The van der Waals surface area contributed by atoms with Gasteiger partial charge >= 0.3 is 0 Å². The standard InChI is InChI=1S/C43H42N2/c1-3-9-31(10-4-1)32-17-21-36(22-18-32)44(37-23-19-33(20-24-37)40-28-30-15-16-34(40)27-30)38-25-26-43-41(29-38)39-13-7-8-14-42(39)45(43)35-11-5-2-6-12-35/h2,5-8,11-14,17-26,29-31,34,40H,1,3-4,9-10,15-16,27-28H2. The van der Waals surface area contributed by atoms with Gasteiger partial charge in [0.2, 0.25) is 0 Å². The smallest absolute Gasteiger partial charge is 0.0542 e. The van der Waals surface area contributed by atoms with Crippen molar-refractivity contribution in [3.63, 3.8) is 0 Å². The molecule has 1 heterocycles. The summed E-state index contributed by atoms with van der Waals surface area (Å²) in [5, 5.41) is 2.58. The maximum Gasteiger partial charge on any atom is 0.0542 e. The first-order chi connectivity index (χ1) is 22.3. The maximum atomic E-state index is 2.48. The maximum absolute atomic E-state index is 2.48. The van der Waals surface area contributed by atoms with Gasteiger partial charge in [0.05, 0.1) is 11.0 Å². The number of benzene rings is 5. The van der Waals surface area contributed by atoms with Gasteiger partial charge in [-0.1, -0.05) is 86.3 Å². The largest absolute Gasteiger partial charge is 0.310 e. The van der Waals surface area contributed by atoms with Crippen LogP contribution >= 0.6 is 0 Å². The van der Waals surface area contributed by atoms with Crippen LogP contribution in [0, 0.1) is 11.8 Å². The molecule has 0 saturated heterocycles. The molecule has 9 rings (SSSR count). The Bertz CT molecular complexity index is 1940. The number of fused-ring (bicyclic) bond motifs is 5. The lowest BCUT2D eigenvalue weighted by Crippen LogP contribution is -2.12. The minimum Gasteiger partial charge on any atom is -0.310 e. The molecule has 5 aromatic carbocycles. The monoisotopic (exact) mass is 586 g/mol. The fourth-order valence-electron chi connectivity index (χ4n) is 9.26. The molecular formula is C43H42N2. The third-order valence-electron chi connectivity index (χ3n) is 11.5. The zero-order valence-corrected chi connectivity index (χ0v) is 26.1. The van der Waals surface area contributed by atoms with Gasteiger partial charge in [0.1, 0.15) is 0 Å². The van der Waals surface area contributed by atoms with E-state index in [-0.39, 0.29) is 0 Å². The molecule has 0 aliphatic heterocycles. The van der Waals surface area contributed by atoms with Crippen LogP contribution in [0.5, 0.6) is 0 Å². The molecule has 0 spiro atoms. The van der Waals surface area contributed by atoms with E-state index < -0.39 is 0 Å². The van der Waals surface area contributed by atoms with Crippen LogP contribution in [0.4, 0.5) is 17.1 Å². The van der Waals surface area contributed by atoms with Gasteiger partial charge in [-0.3, -0.25) is 0 Å². The highest BCUT2D eigenvalue weighted by molar-refractivity contribution is 6.10. The van der Waals surface area contributed by atoms with Crippen LogP contribution in [-0.4, -0.2) is 4.57 Å². The number of hydrogen-bond acceptors (Lipinski definition) is 1. The number of aromatic nitrogens is 1. The van der Waals surface area contributed by atoms with Gasteiger partial charge in [-0.05, 0) is 128 Å². The van der Waals surface area contributed by atoms with Gasteiger partial charge in [0, 0.05) is 33.5 Å². The van der Waals surface area contributed by atoms with Gasteiger partial charge in [-0.2, -0.15) is 0 Å². The molecule has 224 valence electrons. The van der Waals surface area contributed by atoms with Gasteiger partial charge in [0.25, 0.3) is 0 Å². The fraction of sp³-hybridized carbons (Fsp3) is 0.302. The molecule has 0 N–H and O–H groups in total. The first kappa shape index (κ1) is 27.0. The Kier molecular flexibility index (Phi) is 6.76. The van der Waals surface area contributed by atoms with Crippen molar-refractivity contribution in [3.8, 4) is 5.69 Å². The van der Waals surface area contributed by atoms with Crippen LogP contribution in [0.15, 0.2) is 121 Å². The van der Waals surface area contributed by atoms with Crippen molar-refractivity contribution >= 4 is 38.9 Å². The summed E-state index contributed by atoms with van der Waals surface area (Å²) in [4.78, 5) is 2.48. The van der Waals surface area contributed by atoms with Crippen molar-refractivity contribution in [1.82, 2.24) is 4.57 Å². The number of rotatable bonds is 6. The minimum absolute atomic E-state index is 0.711. The first-order valence-corrected chi connectivity index (χ1v) is 17.4. The quantitative estimate of drug-likeness (QED) is 0.188. The summed E-state index contributed by atoms with van der Waals surface area (Å²) in [5.74, 6) is 3.32. The van der Waals surface area contributed by atoms with Crippen LogP contribution in [0.2, 0.25) is 0 Å². The average Bonchev–Trinajstić information content (AvgIpc) is 3.84. The minimum atomic E-state index is 0.711. The van der Waals surface area contributed by atoms with E-state index >= 15 is 0 Å². The fourth-order valence-corrected chi connectivity index (χ4v) is 9.26. The molecule has 2 nitrogen and oxygen atoms in total. The lowest BCUT2D eigenvalue weighted by molar-refractivity contribution is 0.420. The number of anilines is 3. The van der Waals surface area contributed by atoms with Crippen molar-refractivity contribution in [3.05, 3.63) is 132 Å². The van der Waals surface area contributed by atoms with Gasteiger partial charge in [-0.25, -0.2) is 0 Å². The van der Waals surface area contributed by atoms with Crippen LogP contribution in [0.1, 0.15) is 80.8 Å². The molecule has 2 bridgehead atoms. The summed E-state index contributed by atoms with van der Waals surface area (Å²) >= 11 is 0. The van der Waals surface area contributed by atoms with Crippen LogP contribution < -0.4 is 4.90 Å². The summed E-state index contributed by atoms with van der Waals surface area (Å²) in [6.07, 6.45) is 12.5. The summed E-state index contributed by atoms with van der Waals surface area (Å²) in [6.45, 7) is 0. The third kappa shape index (κ3) is 4.78. The first-order valence-electron chi connectivity index (χ1n) is 17.4. The molecule has 3 unspecified atom stereocenters. The van der Waals surface area contributed by atoms with Crippen LogP contribution in [0.3, 0.4) is 0 Å². The lowest BCUT2D eigenvalue weighted by atomic mass is 9.83. The Balaban J connectivity index is 1.15. The Morgan fingerprint density at radius 3 is 1.89 bits per heavy atom. The van der Waals surface area contributed by atoms with Crippen molar-refractivity contribution in [1.29, 1.82) is 0 Å². The summed E-state index contributed by atoms with van der Waals surface area (Å²) in [5.41, 5.74) is 10.4. The molecule has 45 heavy (non-hydrogen) atoms. The highest BCUT2D eigenvalue weighted by Crippen LogP contribution is 2.53. The van der Waals surface area contributed by atoms with E-state index in [0.29, 0.717) is 5.92 Å². The topological polar surface area (TPSA) is 8.17 Å². The average molecular weight is 587 g/mol. The number of hydrogen-bond donors (Lipinski definition) is 0. The molecule has 3 atom stereocenters. The molecule has 3 aliphatic carbocycles. The van der Waals surface area contributed by atoms with Crippen molar-refractivity contribution in [2.45, 2.75) is 69.6 Å². The van der Waals surface area contributed by atoms with E-state index in [1.54, 1.807) is 5.56 Å². The Hall–Kier alpha value is -4.30. The normalized spacial score (nSPS) is 21.6. The van der Waals surface area contributed by atoms with Gasteiger partial charge < -0.3 is 9.47 Å². The third-order valence-corrected chi connectivity index (χ3v) is 11.5. The van der Waals surface area contributed by atoms with Gasteiger partial charge in [-0.15, -0.1) is 0 Å². The molecule has 0 amide bonds. The Labute approximate surface area is 267 Å². The lowest BCUT2D eigenvalue weighted by Gasteiger charge is -2.28. The van der Waals surface area contributed by atoms with Gasteiger partial charge in [0.15, 0.2) is 0 Å². The van der Waals surface area contributed by atoms with E-state index in [1.807, 2.05) is 0 Å². The molecular weight excluding hydrogens is 544 g/mol. The molecule has 1 aromatic heterocycles. The van der Waals surface area contributed by atoms with Crippen LogP contribution in [-0.2, 0) is 0 Å². The van der Waals surface area contributed by atoms with Crippen molar-refractivity contribution < 1.29 is 0 Å². The van der Waals surface area contributed by atoms with Crippen molar-refractivity contribution in [2.24, 2.45) is 11.8 Å². The highest BCUT2D eigenvalue weighted by Gasteiger charge is 2.40. The predicted octanol–water partition coefficient (Wildman–Crippen LogP) is 12.2. The van der Waals surface area contributed by atoms with E-state index in [1.165, 1.54) is 108 Å². The predicted molar refractivity (Wildman–Crippen MR) is 189 cm³/mol. The highest BCUT2D eigenvalue weighted by atomic mass is 15.1. The molecule has 3 saturated carbocycles. The zero-order chi connectivity index (χ0) is 29.7. The van der Waals surface area contributed by atoms with E-state index in [0.717, 1.165) is 17.8 Å². The Morgan fingerprint density at radius 1 is 0.511 bits per heavy atom. The molecule has 6 aromatic rings. The second kappa shape index (κ2) is 11.2. The van der Waals surface area contributed by atoms with Crippen molar-refractivity contribution in [2.75, 3.05) is 4.90 Å². The summed E-state index contributed by atoms with van der Waals surface area (Å²) < 4.78 is 2.40.